The van der Waals surface area contributed by atoms with Crippen molar-refractivity contribution in [2.45, 2.75) is 19.9 Å². The van der Waals surface area contributed by atoms with E-state index in [1.54, 1.807) is 27.5 Å². The van der Waals surface area contributed by atoms with Gasteiger partial charge in [0.2, 0.25) is 5.75 Å². The first-order valence-electron chi connectivity index (χ1n) is 9.85. The van der Waals surface area contributed by atoms with E-state index in [-0.39, 0.29) is 0 Å². The summed E-state index contributed by atoms with van der Waals surface area (Å²) in [5, 5.41) is 0. The van der Waals surface area contributed by atoms with Gasteiger partial charge in [-0.2, -0.15) is 0 Å². The number of ether oxygens (including phenoxy) is 3. The molecule has 0 aliphatic heterocycles. The van der Waals surface area contributed by atoms with E-state index >= 15 is 0 Å². The zero-order chi connectivity index (χ0) is 21.5. The molecule has 0 fully saturated rings. The summed E-state index contributed by atoms with van der Waals surface area (Å²) in [7, 11) is 4.79. The Morgan fingerprint density at radius 2 is 1.33 bits per heavy atom. The number of para-hydroxylation sites is 1. The molecule has 3 aromatic carbocycles. The van der Waals surface area contributed by atoms with Gasteiger partial charge in [-0.3, -0.25) is 4.99 Å². The van der Waals surface area contributed by atoms with Crippen molar-refractivity contribution in [2.75, 3.05) is 26.2 Å². The Hall–Kier alpha value is -3.47. The summed E-state index contributed by atoms with van der Waals surface area (Å²) < 4.78 is 16.2. The minimum Gasteiger partial charge on any atom is -0.493 e. The normalized spacial score (nSPS) is 11.0. The Kier molecular flexibility index (Phi) is 6.96. The summed E-state index contributed by atoms with van der Waals surface area (Å²) in [5.41, 5.74) is 4.02. The Bertz CT molecular complexity index is 958. The van der Waals surface area contributed by atoms with Gasteiger partial charge in [0.25, 0.3) is 0 Å². The van der Waals surface area contributed by atoms with Gasteiger partial charge in [-0.1, -0.05) is 18.2 Å². The average molecular weight is 405 g/mol. The van der Waals surface area contributed by atoms with Crippen LogP contribution in [0.2, 0.25) is 0 Å². The van der Waals surface area contributed by atoms with Crippen LogP contribution in [0.4, 0.5) is 17.1 Å². The number of aliphatic imine (C=N–C) groups is 1. The topological polar surface area (TPSA) is 43.3 Å². The van der Waals surface area contributed by atoms with Crippen molar-refractivity contribution in [2.24, 2.45) is 4.99 Å². The summed E-state index contributed by atoms with van der Waals surface area (Å²) in [5.74, 6) is 1.77. The monoisotopic (exact) mass is 404 g/mol. The molecule has 0 aliphatic carbocycles. The third kappa shape index (κ3) is 4.74. The van der Waals surface area contributed by atoms with Gasteiger partial charge < -0.3 is 19.1 Å². The summed E-state index contributed by atoms with van der Waals surface area (Å²) in [6.45, 7) is 4.37. The predicted octanol–water partition coefficient (Wildman–Crippen LogP) is 6.01. The van der Waals surface area contributed by atoms with Gasteiger partial charge in [-0.25, -0.2) is 0 Å². The fourth-order valence-electron chi connectivity index (χ4n) is 3.36. The van der Waals surface area contributed by atoms with E-state index in [4.69, 9.17) is 14.2 Å². The molecule has 0 saturated carbocycles. The summed E-state index contributed by atoms with van der Waals surface area (Å²) in [6, 6.07) is 22.7. The lowest BCUT2D eigenvalue weighted by molar-refractivity contribution is 0.324. The Labute approximate surface area is 178 Å². The van der Waals surface area contributed by atoms with Gasteiger partial charge >= 0.3 is 0 Å². The standard InChI is InChI=1S/C25H28N2O3/c1-18(2)27(21-9-7-6-8-10-21)22-13-11-20(12-14-22)26-17-19-15-23(28-3)25(30-5)24(16-19)29-4/h6-18H,1-5H3. The molecule has 0 aromatic heterocycles. The molecule has 0 N–H and O–H groups in total. The molecule has 5 nitrogen and oxygen atoms in total. The van der Waals surface area contributed by atoms with E-state index in [1.165, 1.54) is 5.69 Å². The van der Waals surface area contributed by atoms with Crippen molar-refractivity contribution in [1.82, 2.24) is 0 Å². The van der Waals surface area contributed by atoms with E-state index in [1.807, 2.05) is 30.3 Å². The van der Waals surface area contributed by atoms with Crippen LogP contribution in [-0.2, 0) is 0 Å². The van der Waals surface area contributed by atoms with Gasteiger partial charge in [0.1, 0.15) is 0 Å². The molecule has 0 amide bonds. The number of benzene rings is 3. The molecule has 5 heteroatoms. The Morgan fingerprint density at radius 1 is 0.767 bits per heavy atom. The number of methoxy groups -OCH3 is 3. The Morgan fingerprint density at radius 3 is 1.83 bits per heavy atom. The quantitative estimate of drug-likeness (QED) is 0.431. The average Bonchev–Trinajstić information content (AvgIpc) is 2.78. The summed E-state index contributed by atoms with van der Waals surface area (Å²) >= 11 is 0. The fourth-order valence-corrected chi connectivity index (χ4v) is 3.36. The van der Waals surface area contributed by atoms with Crippen molar-refractivity contribution in [1.29, 1.82) is 0 Å². The number of rotatable bonds is 8. The zero-order valence-corrected chi connectivity index (χ0v) is 18.1. The van der Waals surface area contributed by atoms with Gasteiger partial charge in [0.05, 0.1) is 27.0 Å². The zero-order valence-electron chi connectivity index (χ0n) is 18.1. The smallest absolute Gasteiger partial charge is 0.203 e. The van der Waals surface area contributed by atoms with Crippen molar-refractivity contribution in [3.63, 3.8) is 0 Å². The first-order chi connectivity index (χ1) is 14.6. The molecule has 0 atom stereocenters. The van der Waals surface area contributed by atoms with E-state index in [0.717, 1.165) is 16.9 Å². The van der Waals surface area contributed by atoms with E-state index in [2.05, 4.69) is 60.1 Å². The van der Waals surface area contributed by atoms with Crippen LogP contribution in [0, 0.1) is 0 Å². The lowest BCUT2D eigenvalue weighted by Gasteiger charge is -2.29. The second-order valence-corrected chi connectivity index (χ2v) is 7.03. The lowest BCUT2D eigenvalue weighted by Crippen LogP contribution is -2.25. The molecule has 0 aliphatic rings. The van der Waals surface area contributed by atoms with Crippen molar-refractivity contribution >= 4 is 23.3 Å². The molecular formula is C25H28N2O3. The number of anilines is 2. The number of hydrogen-bond acceptors (Lipinski definition) is 5. The van der Waals surface area contributed by atoms with Gasteiger partial charge in [-0.15, -0.1) is 0 Å². The van der Waals surface area contributed by atoms with Crippen LogP contribution in [0.15, 0.2) is 71.7 Å². The predicted molar refractivity (Wildman–Crippen MR) is 124 cm³/mol. The van der Waals surface area contributed by atoms with E-state index in [0.29, 0.717) is 23.3 Å². The van der Waals surface area contributed by atoms with Gasteiger partial charge in [0.15, 0.2) is 11.5 Å². The maximum Gasteiger partial charge on any atom is 0.203 e. The molecular weight excluding hydrogens is 376 g/mol. The molecule has 30 heavy (non-hydrogen) atoms. The fraction of sp³-hybridized carbons (Fsp3) is 0.240. The van der Waals surface area contributed by atoms with Crippen LogP contribution in [0.3, 0.4) is 0 Å². The molecule has 0 heterocycles. The first-order valence-corrected chi connectivity index (χ1v) is 9.85. The maximum absolute atomic E-state index is 5.41. The highest BCUT2D eigenvalue weighted by atomic mass is 16.5. The van der Waals surface area contributed by atoms with E-state index in [9.17, 15) is 0 Å². The van der Waals surface area contributed by atoms with Gasteiger partial charge in [-0.05, 0) is 62.4 Å². The van der Waals surface area contributed by atoms with Crippen LogP contribution in [0.5, 0.6) is 17.2 Å². The van der Waals surface area contributed by atoms with Crippen LogP contribution >= 0.6 is 0 Å². The SMILES string of the molecule is COc1cc(C=Nc2ccc(N(c3ccccc3)C(C)C)cc2)cc(OC)c1OC. The third-order valence-corrected chi connectivity index (χ3v) is 4.73. The second kappa shape index (κ2) is 9.83. The number of hydrogen-bond donors (Lipinski definition) is 0. The molecule has 0 radical (unpaired) electrons. The maximum atomic E-state index is 5.41. The highest BCUT2D eigenvalue weighted by Gasteiger charge is 2.13. The third-order valence-electron chi connectivity index (χ3n) is 4.73. The Balaban J connectivity index is 1.84. The van der Waals surface area contributed by atoms with Crippen molar-refractivity contribution < 1.29 is 14.2 Å². The van der Waals surface area contributed by atoms with Crippen LogP contribution in [-0.4, -0.2) is 33.6 Å². The van der Waals surface area contributed by atoms with Crippen molar-refractivity contribution in [3.05, 3.63) is 72.3 Å². The summed E-state index contributed by atoms with van der Waals surface area (Å²) in [4.78, 5) is 6.90. The highest BCUT2D eigenvalue weighted by molar-refractivity contribution is 5.84. The minimum atomic E-state index is 0.334. The highest BCUT2D eigenvalue weighted by Crippen LogP contribution is 2.38. The molecule has 0 unspecified atom stereocenters. The molecule has 3 aromatic rings. The molecule has 156 valence electrons. The summed E-state index contributed by atoms with van der Waals surface area (Å²) in [6.07, 6.45) is 1.79. The van der Waals surface area contributed by atoms with E-state index < -0.39 is 0 Å². The largest absolute Gasteiger partial charge is 0.493 e. The van der Waals surface area contributed by atoms with Crippen molar-refractivity contribution in [3.8, 4) is 17.2 Å². The first kappa shape index (κ1) is 21.2. The second-order valence-electron chi connectivity index (χ2n) is 7.03. The molecule has 0 saturated heterocycles. The lowest BCUT2D eigenvalue weighted by atomic mass is 10.1. The van der Waals surface area contributed by atoms with Crippen LogP contribution < -0.4 is 19.1 Å². The number of nitrogens with zero attached hydrogens (tertiary/aromatic N) is 2. The molecule has 0 bridgehead atoms. The molecule has 0 spiro atoms. The van der Waals surface area contributed by atoms with Crippen LogP contribution in [0.1, 0.15) is 19.4 Å². The molecule has 3 rings (SSSR count). The van der Waals surface area contributed by atoms with Crippen LogP contribution in [0.25, 0.3) is 0 Å². The minimum absolute atomic E-state index is 0.334. The van der Waals surface area contributed by atoms with Gasteiger partial charge in [0, 0.05) is 29.2 Å².